The van der Waals surface area contributed by atoms with Gasteiger partial charge < -0.3 is 19.5 Å². The Hall–Kier alpha value is -2.70. The number of rotatable bonds is 2. The van der Waals surface area contributed by atoms with Crippen LogP contribution >= 0.6 is 0 Å². The van der Waals surface area contributed by atoms with Crippen molar-refractivity contribution in [2.24, 2.45) is 7.05 Å². The van der Waals surface area contributed by atoms with E-state index >= 15 is 0 Å². The number of aromatic nitrogens is 2. The Kier molecular flexibility index (Phi) is 3.37. The summed E-state index contributed by atoms with van der Waals surface area (Å²) in [5.74, 6) is 2.62. The smallest absolute Gasteiger partial charge is 0.226 e. The van der Waals surface area contributed by atoms with Gasteiger partial charge in [-0.25, -0.2) is 0 Å². The highest BCUT2D eigenvalue weighted by Crippen LogP contribution is 2.46. The van der Waals surface area contributed by atoms with Crippen molar-refractivity contribution in [3.8, 4) is 17.2 Å². The molecule has 0 saturated heterocycles. The van der Waals surface area contributed by atoms with Crippen molar-refractivity contribution in [1.82, 2.24) is 9.78 Å². The van der Waals surface area contributed by atoms with E-state index in [4.69, 9.17) is 14.2 Å². The van der Waals surface area contributed by atoms with Gasteiger partial charge in [0.1, 0.15) is 24.8 Å². The van der Waals surface area contributed by atoms with Gasteiger partial charge in [-0.3, -0.25) is 9.48 Å². The van der Waals surface area contributed by atoms with Gasteiger partial charge in [-0.05, 0) is 13.0 Å². The second-order valence-electron chi connectivity index (χ2n) is 6.01. The van der Waals surface area contributed by atoms with Crippen molar-refractivity contribution in [2.75, 3.05) is 25.6 Å². The highest BCUT2D eigenvalue weighted by molar-refractivity contribution is 5.94. The van der Waals surface area contributed by atoms with E-state index in [2.05, 4.69) is 10.4 Å². The number of benzene rings is 1. The van der Waals surface area contributed by atoms with E-state index in [0.29, 0.717) is 36.9 Å². The summed E-state index contributed by atoms with van der Waals surface area (Å²) in [6, 6.07) is 3.76. The van der Waals surface area contributed by atoms with E-state index in [9.17, 15) is 4.79 Å². The minimum atomic E-state index is -0.131. The van der Waals surface area contributed by atoms with Gasteiger partial charge in [0.15, 0.2) is 11.5 Å². The number of methoxy groups -OCH3 is 1. The fourth-order valence-corrected chi connectivity index (χ4v) is 3.51. The normalized spacial score (nSPS) is 18.8. The number of hydrogen-bond acceptors (Lipinski definition) is 5. The molecule has 0 spiro atoms. The zero-order valence-electron chi connectivity index (χ0n) is 13.9. The summed E-state index contributed by atoms with van der Waals surface area (Å²) in [7, 11) is 3.45. The SMILES string of the molecule is COc1cc2c(cc1C1CC(=O)Nc3c1c(C)nn3C)OCCO2. The van der Waals surface area contributed by atoms with Gasteiger partial charge >= 0.3 is 0 Å². The van der Waals surface area contributed by atoms with Crippen molar-refractivity contribution < 1.29 is 19.0 Å². The van der Waals surface area contributed by atoms with Crippen LogP contribution in [-0.2, 0) is 11.8 Å². The molecule has 4 rings (SSSR count). The first kappa shape index (κ1) is 14.9. The predicted octanol–water partition coefficient (Wildman–Crippen LogP) is 1.98. The van der Waals surface area contributed by atoms with Gasteiger partial charge in [0.05, 0.1) is 12.8 Å². The number of fused-ring (bicyclic) bond motifs is 2. The molecule has 2 aliphatic heterocycles. The van der Waals surface area contributed by atoms with Gasteiger partial charge in [0.25, 0.3) is 0 Å². The van der Waals surface area contributed by atoms with Crippen LogP contribution in [0.3, 0.4) is 0 Å². The number of ether oxygens (including phenoxy) is 3. The number of aryl methyl sites for hydroxylation is 2. The van der Waals surface area contributed by atoms with Crippen LogP contribution in [0.1, 0.15) is 29.2 Å². The second kappa shape index (κ2) is 5.43. The Balaban J connectivity index is 1.89. The Morgan fingerprint density at radius 1 is 1.29 bits per heavy atom. The molecule has 2 aromatic rings. The molecule has 7 nitrogen and oxygen atoms in total. The number of hydrogen-bond donors (Lipinski definition) is 1. The largest absolute Gasteiger partial charge is 0.496 e. The van der Waals surface area contributed by atoms with Gasteiger partial charge in [0, 0.05) is 36.6 Å². The molecule has 1 aromatic carbocycles. The molecular weight excluding hydrogens is 310 g/mol. The van der Waals surface area contributed by atoms with Crippen LogP contribution < -0.4 is 19.5 Å². The predicted molar refractivity (Wildman–Crippen MR) is 87.0 cm³/mol. The monoisotopic (exact) mass is 329 g/mol. The van der Waals surface area contributed by atoms with E-state index in [1.807, 2.05) is 26.1 Å². The number of amides is 1. The molecule has 0 saturated carbocycles. The molecule has 1 amide bonds. The molecular formula is C17H19N3O4. The lowest BCUT2D eigenvalue weighted by molar-refractivity contribution is -0.116. The lowest BCUT2D eigenvalue weighted by Crippen LogP contribution is -2.25. The highest BCUT2D eigenvalue weighted by Gasteiger charge is 2.34. The summed E-state index contributed by atoms with van der Waals surface area (Å²) < 4.78 is 18.6. The third kappa shape index (κ3) is 2.19. The molecule has 24 heavy (non-hydrogen) atoms. The molecule has 0 aliphatic carbocycles. The van der Waals surface area contributed by atoms with Crippen LogP contribution in [-0.4, -0.2) is 36.0 Å². The summed E-state index contributed by atoms with van der Waals surface area (Å²) in [5, 5.41) is 7.36. The van der Waals surface area contributed by atoms with Crippen LogP contribution in [0, 0.1) is 6.92 Å². The zero-order valence-corrected chi connectivity index (χ0v) is 13.9. The standard InChI is InChI=1S/C17H19N3O4/c1-9-16-11(7-15(21)18-17(16)20(2)19-9)10-6-13-14(8-12(10)22-3)24-5-4-23-13/h6,8,11H,4-5,7H2,1-3H3,(H,18,21). The molecule has 0 fully saturated rings. The van der Waals surface area contributed by atoms with Gasteiger partial charge in [-0.15, -0.1) is 0 Å². The van der Waals surface area contributed by atoms with Crippen LogP contribution in [0.15, 0.2) is 12.1 Å². The maximum Gasteiger partial charge on any atom is 0.226 e. The molecule has 3 heterocycles. The van der Waals surface area contributed by atoms with Gasteiger partial charge in [-0.1, -0.05) is 0 Å². The lowest BCUT2D eigenvalue weighted by Gasteiger charge is -2.27. The maximum atomic E-state index is 12.2. The molecule has 2 aliphatic rings. The van der Waals surface area contributed by atoms with Crippen molar-refractivity contribution in [2.45, 2.75) is 19.3 Å². The summed E-state index contributed by atoms with van der Waals surface area (Å²) >= 11 is 0. The third-order valence-corrected chi connectivity index (χ3v) is 4.53. The Labute approximate surface area is 139 Å². The van der Waals surface area contributed by atoms with Crippen molar-refractivity contribution in [3.05, 3.63) is 29.0 Å². The van der Waals surface area contributed by atoms with E-state index in [1.54, 1.807) is 11.8 Å². The quantitative estimate of drug-likeness (QED) is 0.912. The Morgan fingerprint density at radius 3 is 2.71 bits per heavy atom. The van der Waals surface area contributed by atoms with Crippen LogP contribution in [0.5, 0.6) is 17.2 Å². The molecule has 1 unspecified atom stereocenters. The third-order valence-electron chi connectivity index (χ3n) is 4.53. The fraction of sp³-hybridized carbons (Fsp3) is 0.412. The Bertz CT molecular complexity index is 828. The molecule has 1 atom stereocenters. The van der Waals surface area contributed by atoms with Crippen molar-refractivity contribution >= 4 is 11.7 Å². The minimum Gasteiger partial charge on any atom is -0.496 e. The molecule has 0 radical (unpaired) electrons. The maximum absolute atomic E-state index is 12.2. The van der Waals surface area contributed by atoms with E-state index in [0.717, 1.165) is 22.6 Å². The fourth-order valence-electron chi connectivity index (χ4n) is 3.51. The van der Waals surface area contributed by atoms with E-state index < -0.39 is 0 Å². The van der Waals surface area contributed by atoms with Crippen LogP contribution in [0.2, 0.25) is 0 Å². The van der Waals surface area contributed by atoms with Gasteiger partial charge in [-0.2, -0.15) is 5.10 Å². The number of carbonyl (C=O) groups excluding carboxylic acids is 1. The first-order valence-corrected chi connectivity index (χ1v) is 7.89. The topological polar surface area (TPSA) is 74.6 Å². The molecule has 0 bridgehead atoms. The second-order valence-corrected chi connectivity index (χ2v) is 6.01. The number of carbonyl (C=O) groups is 1. The number of nitrogens with zero attached hydrogens (tertiary/aromatic N) is 2. The Morgan fingerprint density at radius 2 is 2.00 bits per heavy atom. The average molecular weight is 329 g/mol. The van der Waals surface area contributed by atoms with Gasteiger partial charge in [0.2, 0.25) is 5.91 Å². The molecule has 1 aromatic heterocycles. The molecule has 7 heteroatoms. The van der Waals surface area contributed by atoms with Crippen molar-refractivity contribution in [1.29, 1.82) is 0 Å². The first-order chi connectivity index (χ1) is 11.6. The highest BCUT2D eigenvalue weighted by atomic mass is 16.6. The van der Waals surface area contributed by atoms with Crippen molar-refractivity contribution in [3.63, 3.8) is 0 Å². The van der Waals surface area contributed by atoms with E-state index in [-0.39, 0.29) is 11.8 Å². The lowest BCUT2D eigenvalue weighted by atomic mass is 9.85. The molecule has 1 N–H and O–H groups in total. The minimum absolute atomic E-state index is 0.0348. The average Bonchev–Trinajstić information content (AvgIpc) is 2.87. The molecule has 126 valence electrons. The summed E-state index contributed by atoms with van der Waals surface area (Å²) in [6.07, 6.45) is 0.343. The van der Waals surface area contributed by atoms with Crippen LogP contribution in [0.4, 0.5) is 5.82 Å². The summed E-state index contributed by atoms with van der Waals surface area (Å²) in [6.45, 7) is 2.99. The first-order valence-electron chi connectivity index (χ1n) is 7.89. The zero-order chi connectivity index (χ0) is 16.8. The number of nitrogens with one attached hydrogen (secondary N) is 1. The van der Waals surface area contributed by atoms with E-state index in [1.165, 1.54) is 0 Å². The van der Waals surface area contributed by atoms with Crippen LogP contribution in [0.25, 0.3) is 0 Å². The summed E-state index contributed by atoms with van der Waals surface area (Å²) in [4.78, 5) is 12.2. The summed E-state index contributed by atoms with van der Waals surface area (Å²) in [5.41, 5.74) is 2.83. The number of anilines is 1.